The minimum atomic E-state index is -3.04. The highest BCUT2D eigenvalue weighted by Gasteiger charge is 2.35. The maximum atomic E-state index is 13.2. The van der Waals surface area contributed by atoms with E-state index in [1.165, 1.54) is 4.68 Å². The second-order valence-corrected chi connectivity index (χ2v) is 4.20. The number of hydrogen-bond donors (Lipinski definition) is 0. The zero-order valence-electron chi connectivity index (χ0n) is 9.74. The standard InChI is InChI=1S/C11H14F2N2O2/c1-3-17-10(16)8-6-9(11(2,12)13)14-15(8)7-4-5-7/h6-7H,3-5H2,1-2H3. The summed E-state index contributed by atoms with van der Waals surface area (Å²) in [4.78, 5) is 11.6. The van der Waals surface area contributed by atoms with Crippen LogP contribution in [0.25, 0.3) is 0 Å². The van der Waals surface area contributed by atoms with Crippen LogP contribution in [0, 0.1) is 0 Å². The van der Waals surface area contributed by atoms with Crippen LogP contribution in [0.3, 0.4) is 0 Å². The van der Waals surface area contributed by atoms with Crippen LogP contribution in [0.4, 0.5) is 8.78 Å². The van der Waals surface area contributed by atoms with Crippen molar-refractivity contribution in [3.05, 3.63) is 17.5 Å². The number of hydrogen-bond acceptors (Lipinski definition) is 3. The number of carbonyl (C=O) groups excluding carboxylic acids is 1. The maximum Gasteiger partial charge on any atom is 0.356 e. The summed E-state index contributed by atoms with van der Waals surface area (Å²) in [5.41, 5.74) is -0.265. The molecule has 0 spiro atoms. The van der Waals surface area contributed by atoms with Gasteiger partial charge in [-0.2, -0.15) is 13.9 Å². The van der Waals surface area contributed by atoms with Crippen LogP contribution in [0.2, 0.25) is 0 Å². The molecular formula is C11H14F2N2O2. The van der Waals surface area contributed by atoms with Crippen molar-refractivity contribution in [3.63, 3.8) is 0 Å². The van der Waals surface area contributed by atoms with Crippen LogP contribution in [0.1, 0.15) is 48.9 Å². The number of rotatable bonds is 4. The number of carbonyl (C=O) groups is 1. The van der Waals surface area contributed by atoms with Gasteiger partial charge in [0.1, 0.15) is 11.4 Å². The number of alkyl halides is 2. The molecule has 1 aromatic rings. The highest BCUT2D eigenvalue weighted by molar-refractivity contribution is 5.87. The molecule has 1 aliphatic carbocycles. The monoisotopic (exact) mass is 244 g/mol. The van der Waals surface area contributed by atoms with E-state index in [9.17, 15) is 13.6 Å². The van der Waals surface area contributed by atoms with Gasteiger partial charge in [-0.25, -0.2) is 4.79 Å². The molecular weight excluding hydrogens is 230 g/mol. The van der Waals surface area contributed by atoms with Crippen molar-refractivity contribution in [3.8, 4) is 0 Å². The topological polar surface area (TPSA) is 44.1 Å². The van der Waals surface area contributed by atoms with E-state index in [1.807, 2.05) is 0 Å². The zero-order valence-corrected chi connectivity index (χ0v) is 9.74. The summed E-state index contributed by atoms with van der Waals surface area (Å²) in [6.07, 6.45) is 1.73. The molecule has 6 heteroatoms. The lowest BCUT2D eigenvalue weighted by Crippen LogP contribution is -2.12. The SMILES string of the molecule is CCOC(=O)c1cc(C(C)(F)F)nn1C1CC1. The van der Waals surface area contributed by atoms with Gasteiger partial charge in [-0.15, -0.1) is 0 Å². The number of esters is 1. The van der Waals surface area contributed by atoms with Crippen molar-refractivity contribution in [1.29, 1.82) is 0 Å². The lowest BCUT2D eigenvalue weighted by atomic mass is 10.2. The Labute approximate surface area is 97.6 Å². The van der Waals surface area contributed by atoms with Crippen molar-refractivity contribution in [1.82, 2.24) is 9.78 Å². The number of ether oxygens (including phenoxy) is 1. The van der Waals surface area contributed by atoms with Crippen molar-refractivity contribution in [2.24, 2.45) is 0 Å². The first-order valence-corrected chi connectivity index (χ1v) is 5.58. The normalized spacial score (nSPS) is 16.0. The van der Waals surface area contributed by atoms with Gasteiger partial charge in [0.05, 0.1) is 12.6 Å². The predicted molar refractivity (Wildman–Crippen MR) is 56.0 cm³/mol. The molecule has 4 nitrogen and oxygen atoms in total. The summed E-state index contributed by atoms with van der Waals surface area (Å²) >= 11 is 0. The molecule has 1 fully saturated rings. The van der Waals surface area contributed by atoms with Crippen LogP contribution in [0.15, 0.2) is 6.07 Å². The Bertz CT molecular complexity index is 433. The molecule has 0 aromatic carbocycles. The highest BCUT2D eigenvalue weighted by atomic mass is 19.3. The molecule has 0 amide bonds. The minimum Gasteiger partial charge on any atom is -0.461 e. The van der Waals surface area contributed by atoms with Crippen LogP contribution in [0.5, 0.6) is 0 Å². The smallest absolute Gasteiger partial charge is 0.356 e. The third kappa shape index (κ3) is 2.45. The van der Waals surface area contributed by atoms with Crippen molar-refractivity contribution in [2.45, 2.75) is 38.7 Å². The molecule has 2 rings (SSSR count). The summed E-state index contributed by atoms with van der Waals surface area (Å²) in [7, 11) is 0. The van der Waals surface area contributed by atoms with Gasteiger partial charge in [-0.05, 0) is 19.8 Å². The van der Waals surface area contributed by atoms with Crippen molar-refractivity contribution >= 4 is 5.97 Å². The third-order valence-corrected chi connectivity index (χ3v) is 2.56. The van der Waals surface area contributed by atoms with E-state index in [0.717, 1.165) is 25.8 Å². The van der Waals surface area contributed by atoms with Gasteiger partial charge in [0.15, 0.2) is 0 Å². The average molecular weight is 244 g/mol. The summed E-state index contributed by atoms with van der Waals surface area (Å²) in [6, 6.07) is 1.18. The fourth-order valence-electron chi connectivity index (χ4n) is 1.56. The van der Waals surface area contributed by atoms with Crippen LogP contribution in [-0.4, -0.2) is 22.4 Å². The lowest BCUT2D eigenvalue weighted by Gasteiger charge is -2.05. The summed E-state index contributed by atoms with van der Waals surface area (Å²) in [5.74, 6) is -3.64. The molecule has 1 heterocycles. The molecule has 0 aliphatic heterocycles. The maximum absolute atomic E-state index is 13.2. The second-order valence-electron chi connectivity index (χ2n) is 4.20. The molecule has 0 atom stereocenters. The van der Waals surface area contributed by atoms with E-state index in [4.69, 9.17) is 4.74 Å². The zero-order chi connectivity index (χ0) is 12.6. The Morgan fingerprint density at radius 2 is 2.29 bits per heavy atom. The van der Waals surface area contributed by atoms with Gasteiger partial charge in [-0.1, -0.05) is 0 Å². The van der Waals surface area contributed by atoms with E-state index in [0.29, 0.717) is 0 Å². The van der Waals surface area contributed by atoms with Crippen LogP contribution < -0.4 is 0 Å². The quantitative estimate of drug-likeness (QED) is 0.764. The Hall–Kier alpha value is -1.46. The molecule has 94 valence electrons. The number of nitrogens with zero attached hydrogens (tertiary/aromatic N) is 2. The van der Waals surface area contributed by atoms with Crippen LogP contribution in [-0.2, 0) is 10.7 Å². The molecule has 0 saturated heterocycles. The first-order chi connectivity index (χ1) is 7.93. The average Bonchev–Trinajstić information content (AvgIpc) is 2.95. The van der Waals surface area contributed by atoms with Gasteiger partial charge in [0.2, 0.25) is 0 Å². The Kier molecular flexibility index (Phi) is 2.89. The van der Waals surface area contributed by atoms with E-state index in [2.05, 4.69) is 5.10 Å². The summed E-state index contributed by atoms with van der Waals surface area (Å²) in [5, 5.41) is 3.81. The van der Waals surface area contributed by atoms with Gasteiger partial charge < -0.3 is 4.74 Å². The fourth-order valence-corrected chi connectivity index (χ4v) is 1.56. The van der Waals surface area contributed by atoms with E-state index >= 15 is 0 Å². The van der Waals surface area contributed by atoms with Gasteiger partial charge in [0.25, 0.3) is 5.92 Å². The molecule has 1 aromatic heterocycles. The highest BCUT2D eigenvalue weighted by Crippen LogP contribution is 2.37. The minimum absolute atomic E-state index is 0.0607. The molecule has 0 N–H and O–H groups in total. The number of aromatic nitrogens is 2. The van der Waals surface area contributed by atoms with Crippen molar-refractivity contribution in [2.75, 3.05) is 6.61 Å². The molecule has 0 bridgehead atoms. The molecule has 1 saturated carbocycles. The third-order valence-electron chi connectivity index (χ3n) is 2.56. The number of halogens is 2. The Morgan fingerprint density at radius 1 is 1.65 bits per heavy atom. The van der Waals surface area contributed by atoms with E-state index in [1.54, 1.807) is 6.92 Å². The second kappa shape index (κ2) is 4.09. The summed E-state index contributed by atoms with van der Waals surface area (Å²) in [6.45, 7) is 2.65. The largest absolute Gasteiger partial charge is 0.461 e. The molecule has 1 aliphatic rings. The van der Waals surface area contributed by atoms with E-state index < -0.39 is 11.9 Å². The van der Waals surface area contributed by atoms with Crippen LogP contribution >= 0.6 is 0 Å². The first-order valence-electron chi connectivity index (χ1n) is 5.58. The molecule has 17 heavy (non-hydrogen) atoms. The summed E-state index contributed by atoms with van der Waals surface area (Å²) < 4.78 is 32.5. The Morgan fingerprint density at radius 3 is 2.76 bits per heavy atom. The molecule has 0 radical (unpaired) electrons. The van der Waals surface area contributed by atoms with Gasteiger partial charge in [0, 0.05) is 13.0 Å². The lowest BCUT2D eigenvalue weighted by molar-refractivity contribution is 0.0121. The van der Waals surface area contributed by atoms with Gasteiger partial charge in [-0.3, -0.25) is 4.68 Å². The molecule has 0 unspecified atom stereocenters. The predicted octanol–water partition coefficient (Wildman–Crippen LogP) is 2.51. The fraction of sp³-hybridized carbons (Fsp3) is 0.636. The van der Waals surface area contributed by atoms with E-state index in [-0.39, 0.29) is 24.0 Å². The first kappa shape index (κ1) is 12.0. The Balaban J connectivity index is 2.35. The van der Waals surface area contributed by atoms with Gasteiger partial charge >= 0.3 is 5.97 Å². The van der Waals surface area contributed by atoms with Crippen molar-refractivity contribution < 1.29 is 18.3 Å².